The zero-order valence-corrected chi connectivity index (χ0v) is 12.4. The Labute approximate surface area is 119 Å². The third-order valence-corrected chi connectivity index (χ3v) is 5.31. The van der Waals surface area contributed by atoms with Gasteiger partial charge < -0.3 is 10.2 Å². The Morgan fingerprint density at radius 1 is 1.41 bits per heavy atom. The second-order valence-electron chi connectivity index (χ2n) is 4.49. The predicted molar refractivity (Wildman–Crippen MR) is 75.0 cm³/mol. The van der Waals surface area contributed by atoms with Crippen LogP contribution in [0.25, 0.3) is 0 Å². The Morgan fingerprint density at radius 3 is 2.59 bits per heavy atom. The highest BCUT2D eigenvalue weighted by Gasteiger charge is 2.38. The molecule has 0 bridgehead atoms. The number of likely N-dealkylation sites (tertiary alicyclic amines) is 1. The van der Waals surface area contributed by atoms with Crippen molar-refractivity contribution >= 4 is 45.6 Å². The van der Waals surface area contributed by atoms with Crippen LogP contribution in [0.1, 0.15) is 9.67 Å². The quantitative estimate of drug-likeness (QED) is 0.852. The summed E-state index contributed by atoms with van der Waals surface area (Å²) in [7, 11) is 0. The summed E-state index contributed by atoms with van der Waals surface area (Å²) in [4.78, 5) is 15.1. The Morgan fingerprint density at radius 2 is 2.06 bits per heavy atom. The van der Waals surface area contributed by atoms with Crippen molar-refractivity contribution in [2.45, 2.75) is 0 Å². The van der Waals surface area contributed by atoms with Crippen molar-refractivity contribution in [3.05, 3.63) is 20.8 Å². The second-order valence-corrected chi connectivity index (χ2v) is 6.26. The molecule has 1 amide bonds. The van der Waals surface area contributed by atoms with Gasteiger partial charge in [0, 0.05) is 30.7 Å². The van der Waals surface area contributed by atoms with Crippen LogP contribution >= 0.6 is 39.7 Å². The van der Waals surface area contributed by atoms with Crippen LogP contribution in [-0.4, -0.2) is 37.0 Å². The summed E-state index contributed by atoms with van der Waals surface area (Å²) >= 11 is 4.94. The van der Waals surface area contributed by atoms with Crippen LogP contribution in [0.5, 0.6) is 0 Å². The number of hydrogen-bond acceptors (Lipinski definition) is 3. The van der Waals surface area contributed by atoms with Crippen molar-refractivity contribution < 1.29 is 4.79 Å². The van der Waals surface area contributed by atoms with Gasteiger partial charge in [0.05, 0.1) is 0 Å². The fraction of sp³-hybridized carbons (Fsp3) is 0.545. The topological polar surface area (TPSA) is 32.3 Å². The predicted octanol–water partition coefficient (Wildman–Crippen LogP) is 2.22. The Kier molecular flexibility index (Phi) is 4.13. The first-order valence-electron chi connectivity index (χ1n) is 5.48. The van der Waals surface area contributed by atoms with E-state index in [-0.39, 0.29) is 18.3 Å². The molecule has 0 aromatic carbocycles. The van der Waals surface area contributed by atoms with E-state index >= 15 is 0 Å². The molecule has 2 fully saturated rings. The monoisotopic (exact) mass is 336 g/mol. The zero-order chi connectivity index (χ0) is 11.1. The molecule has 1 aromatic rings. The third-order valence-electron chi connectivity index (χ3n) is 3.49. The van der Waals surface area contributed by atoms with Crippen molar-refractivity contribution in [1.29, 1.82) is 0 Å². The molecule has 1 N–H and O–H groups in total. The van der Waals surface area contributed by atoms with Gasteiger partial charge in [0.25, 0.3) is 5.91 Å². The van der Waals surface area contributed by atoms with Gasteiger partial charge in [-0.1, -0.05) is 0 Å². The first kappa shape index (κ1) is 13.3. The summed E-state index contributed by atoms with van der Waals surface area (Å²) in [5.41, 5.74) is 0. The first-order valence-corrected chi connectivity index (χ1v) is 7.16. The fourth-order valence-corrected chi connectivity index (χ4v) is 4.12. The molecule has 0 saturated carbocycles. The summed E-state index contributed by atoms with van der Waals surface area (Å²) in [6.45, 7) is 3.97. The van der Waals surface area contributed by atoms with E-state index < -0.39 is 0 Å². The van der Waals surface area contributed by atoms with Gasteiger partial charge in [-0.3, -0.25) is 4.79 Å². The molecular weight excluding hydrogens is 324 g/mol. The van der Waals surface area contributed by atoms with E-state index in [1.165, 1.54) is 11.3 Å². The molecule has 2 aliphatic rings. The number of halogens is 2. The lowest BCUT2D eigenvalue weighted by Gasteiger charge is -2.16. The SMILES string of the molecule is Cl.O=C(c1sccc1Br)N1C[C@H]2CNC[C@H]2C1. The number of carbonyl (C=O) groups is 1. The summed E-state index contributed by atoms with van der Waals surface area (Å²) in [6, 6.07) is 1.94. The maximum absolute atomic E-state index is 12.2. The minimum Gasteiger partial charge on any atom is -0.337 e. The Hall–Kier alpha value is -0.100. The van der Waals surface area contributed by atoms with Crippen LogP contribution in [0.3, 0.4) is 0 Å². The van der Waals surface area contributed by atoms with E-state index in [2.05, 4.69) is 21.2 Å². The maximum Gasteiger partial charge on any atom is 0.265 e. The lowest BCUT2D eigenvalue weighted by molar-refractivity contribution is 0.0785. The maximum atomic E-state index is 12.2. The van der Waals surface area contributed by atoms with Gasteiger partial charge in [-0.15, -0.1) is 23.7 Å². The summed E-state index contributed by atoms with van der Waals surface area (Å²) < 4.78 is 0.928. The van der Waals surface area contributed by atoms with E-state index in [4.69, 9.17) is 0 Å². The highest BCUT2D eigenvalue weighted by molar-refractivity contribution is 9.10. The van der Waals surface area contributed by atoms with E-state index in [0.29, 0.717) is 11.8 Å². The molecular formula is C11H14BrClN2OS. The van der Waals surface area contributed by atoms with Crippen LogP contribution in [0, 0.1) is 11.8 Å². The minimum atomic E-state index is 0. The van der Waals surface area contributed by atoms with Crippen molar-refractivity contribution in [2.75, 3.05) is 26.2 Å². The van der Waals surface area contributed by atoms with Crippen LogP contribution in [-0.2, 0) is 0 Å². The largest absolute Gasteiger partial charge is 0.337 e. The molecule has 0 radical (unpaired) electrons. The molecule has 3 heterocycles. The molecule has 1 aromatic heterocycles. The van der Waals surface area contributed by atoms with Crippen LogP contribution in [0.4, 0.5) is 0 Å². The number of carbonyl (C=O) groups excluding carboxylic acids is 1. The van der Waals surface area contributed by atoms with Crippen molar-refractivity contribution in [3.8, 4) is 0 Å². The molecule has 3 nitrogen and oxygen atoms in total. The van der Waals surface area contributed by atoms with Gasteiger partial charge >= 0.3 is 0 Å². The summed E-state index contributed by atoms with van der Waals surface area (Å²) in [5.74, 6) is 1.53. The highest BCUT2D eigenvalue weighted by Crippen LogP contribution is 2.30. The van der Waals surface area contributed by atoms with Crippen LogP contribution < -0.4 is 5.32 Å². The number of amides is 1. The number of hydrogen-bond donors (Lipinski definition) is 1. The normalized spacial score (nSPS) is 26.8. The highest BCUT2D eigenvalue weighted by atomic mass is 79.9. The van der Waals surface area contributed by atoms with Gasteiger partial charge in [-0.2, -0.15) is 0 Å². The van der Waals surface area contributed by atoms with Gasteiger partial charge in [0.2, 0.25) is 0 Å². The van der Waals surface area contributed by atoms with Crippen molar-refractivity contribution in [2.24, 2.45) is 11.8 Å². The van der Waals surface area contributed by atoms with E-state index in [9.17, 15) is 4.79 Å². The molecule has 0 spiro atoms. The van der Waals surface area contributed by atoms with E-state index in [1.54, 1.807) is 0 Å². The number of rotatable bonds is 1. The molecule has 2 atom stereocenters. The molecule has 0 aliphatic carbocycles. The standard InChI is InChI=1S/C11H13BrN2OS.ClH/c12-9-1-2-16-10(9)11(15)14-5-7-3-13-4-8(7)6-14;/h1-2,7-8,13H,3-6H2;1H/t7-,8+;. The number of fused-ring (bicyclic) bond motifs is 1. The fourth-order valence-electron chi connectivity index (χ4n) is 2.61. The van der Waals surface area contributed by atoms with Gasteiger partial charge in [0.15, 0.2) is 0 Å². The Bertz CT molecular complexity index is 413. The van der Waals surface area contributed by atoms with Crippen molar-refractivity contribution in [3.63, 3.8) is 0 Å². The second kappa shape index (κ2) is 5.26. The molecule has 0 unspecified atom stereocenters. The number of nitrogens with one attached hydrogen (secondary N) is 1. The smallest absolute Gasteiger partial charge is 0.265 e. The van der Waals surface area contributed by atoms with E-state index in [1.807, 2.05) is 16.3 Å². The summed E-state index contributed by atoms with van der Waals surface area (Å²) in [6.07, 6.45) is 0. The van der Waals surface area contributed by atoms with Crippen molar-refractivity contribution in [1.82, 2.24) is 10.2 Å². The van der Waals surface area contributed by atoms with Crippen LogP contribution in [0.15, 0.2) is 15.9 Å². The zero-order valence-electron chi connectivity index (χ0n) is 9.19. The summed E-state index contributed by atoms with van der Waals surface area (Å²) in [5, 5.41) is 5.34. The lowest BCUT2D eigenvalue weighted by Crippen LogP contribution is -2.31. The average Bonchev–Trinajstić information content (AvgIpc) is 2.89. The third kappa shape index (κ3) is 2.38. The number of thiophene rings is 1. The molecule has 2 saturated heterocycles. The minimum absolute atomic E-state index is 0. The van der Waals surface area contributed by atoms with Gasteiger partial charge in [-0.05, 0) is 39.2 Å². The van der Waals surface area contributed by atoms with E-state index in [0.717, 1.165) is 35.5 Å². The molecule has 2 aliphatic heterocycles. The molecule has 3 rings (SSSR count). The lowest BCUT2D eigenvalue weighted by atomic mass is 10.0. The number of nitrogens with zero attached hydrogens (tertiary/aromatic N) is 1. The Balaban J connectivity index is 0.00000108. The molecule has 17 heavy (non-hydrogen) atoms. The molecule has 6 heteroatoms. The van der Waals surface area contributed by atoms with Gasteiger partial charge in [0.1, 0.15) is 4.88 Å². The van der Waals surface area contributed by atoms with Crippen LogP contribution in [0.2, 0.25) is 0 Å². The molecule has 94 valence electrons. The van der Waals surface area contributed by atoms with Gasteiger partial charge in [-0.25, -0.2) is 0 Å². The average molecular weight is 338 g/mol. The first-order chi connectivity index (χ1) is 7.75.